The normalized spacial score (nSPS) is 10.0. The molecule has 0 heterocycles. The SMILES string of the molecule is CCOc1ccc(C(=O)NNC(=O)c2c(Cl)cccc2Cl)cc1. The fraction of sp³-hybridized carbons (Fsp3) is 0.125. The third-order valence-corrected chi connectivity index (χ3v) is 3.54. The second-order valence-corrected chi connectivity index (χ2v) is 5.28. The smallest absolute Gasteiger partial charge is 0.272 e. The summed E-state index contributed by atoms with van der Waals surface area (Å²) in [5, 5.41) is 0.399. The molecule has 0 aromatic heterocycles. The zero-order valence-corrected chi connectivity index (χ0v) is 13.7. The Morgan fingerprint density at radius 1 is 0.957 bits per heavy atom. The van der Waals surface area contributed by atoms with Crippen molar-refractivity contribution < 1.29 is 14.3 Å². The van der Waals surface area contributed by atoms with Crippen LogP contribution in [0, 0.1) is 0 Å². The summed E-state index contributed by atoms with van der Waals surface area (Å²) in [5.41, 5.74) is 5.06. The molecule has 0 aliphatic carbocycles. The van der Waals surface area contributed by atoms with E-state index in [1.165, 1.54) is 12.1 Å². The Balaban J connectivity index is 2.00. The van der Waals surface area contributed by atoms with E-state index in [9.17, 15) is 9.59 Å². The maximum absolute atomic E-state index is 12.0. The largest absolute Gasteiger partial charge is 0.494 e. The van der Waals surface area contributed by atoms with Crippen molar-refractivity contribution >= 4 is 35.0 Å². The van der Waals surface area contributed by atoms with Gasteiger partial charge in [0.25, 0.3) is 11.8 Å². The van der Waals surface area contributed by atoms with Gasteiger partial charge >= 0.3 is 0 Å². The quantitative estimate of drug-likeness (QED) is 0.828. The Hall–Kier alpha value is -2.24. The van der Waals surface area contributed by atoms with Gasteiger partial charge < -0.3 is 4.74 Å². The van der Waals surface area contributed by atoms with Crippen molar-refractivity contribution in [3.05, 3.63) is 63.6 Å². The highest BCUT2D eigenvalue weighted by atomic mass is 35.5. The lowest BCUT2D eigenvalue weighted by atomic mass is 10.2. The Morgan fingerprint density at radius 2 is 1.52 bits per heavy atom. The monoisotopic (exact) mass is 352 g/mol. The molecule has 2 amide bonds. The van der Waals surface area contributed by atoms with Crippen LogP contribution in [0.5, 0.6) is 5.75 Å². The number of carbonyl (C=O) groups is 2. The molecule has 0 unspecified atom stereocenters. The minimum absolute atomic E-state index is 0.0998. The molecular formula is C16H14Cl2N2O3. The highest BCUT2D eigenvalue weighted by Gasteiger charge is 2.15. The van der Waals surface area contributed by atoms with Crippen LogP contribution in [0.15, 0.2) is 42.5 Å². The third kappa shape index (κ3) is 4.37. The fourth-order valence-corrected chi connectivity index (χ4v) is 2.40. The summed E-state index contributed by atoms with van der Waals surface area (Å²) < 4.78 is 5.29. The van der Waals surface area contributed by atoms with Crippen molar-refractivity contribution in [1.29, 1.82) is 0 Å². The minimum Gasteiger partial charge on any atom is -0.494 e. The lowest BCUT2D eigenvalue weighted by molar-refractivity contribution is 0.0847. The molecule has 0 saturated heterocycles. The first-order chi connectivity index (χ1) is 11.0. The van der Waals surface area contributed by atoms with Crippen molar-refractivity contribution in [1.82, 2.24) is 10.9 Å². The van der Waals surface area contributed by atoms with Crippen molar-refractivity contribution in [2.45, 2.75) is 6.92 Å². The summed E-state index contributed by atoms with van der Waals surface area (Å²) in [7, 11) is 0. The molecule has 0 bridgehead atoms. The molecular weight excluding hydrogens is 339 g/mol. The third-order valence-electron chi connectivity index (χ3n) is 2.91. The van der Waals surface area contributed by atoms with Crippen LogP contribution in [-0.4, -0.2) is 18.4 Å². The molecule has 0 spiro atoms. The van der Waals surface area contributed by atoms with Crippen LogP contribution in [0.3, 0.4) is 0 Å². The van der Waals surface area contributed by atoms with Crippen molar-refractivity contribution in [3.8, 4) is 5.75 Å². The van der Waals surface area contributed by atoms with Gasteiger partial charge in [0.1, 0.15) is 5.75 Å². The first-order valence-electron chi connectivity index (χ1n) is 6.80. The second kappa shape index (κ2) is 7.85. The lowest BCUT2D eigenvalue weighted by Gasteiger charge is -2.10. The topological polar surface area (TPSA) is 67.4 Å². The Kier molecular flexibility index (Phi) is 5.84. The molecule has 0 atom stereocenters. The summed E-state index contributed by atoms with van der Waals surface area (Å²) in [6, 6.07) is 11.2. The number of rotatable bonds is 4. The van der Waals surface area contributed by atoms with E-state index in [0.29, 0.717) is 17.9 Å². The van der Waals surface area contributed by atoms with E-state index in [4.69, 9.17) is 27.9 Å². The second-order valence-electron chi connectivity index (χ2n) is 4.46. The van der Waals surface area contributed by atoms with E-state index < -0.39 is 11.8 Å². The van der Waals surface area contributed by atoms with Crippen molar-refractivity contribution in [2.24, 2.45) is 0 Å². The van der Waals surface area contributed by atoms with Crippen molar-refractivity contribution in [3.63, 3.8) is 0 Å². The highest BCUT2D eigenvalue weighted by molar-refractivity contribution is 6.39. The number of benzene rings is 2. The fourth-order valence-electron chi connectivity index (χ4n) is 1.83. The number of amides is 2. The van der Waals surface area contributed by atoms with E-state index in [0.717, 1.165) is 0 Å². The van der Waals surface area contributed by atoms with E-state index in [-0.39, 0.29) is 15.6 Å². The van der Waals surface area contributed by atoms with Crippen LogP contribution in [-0.2, 0) is 0 Å². The zero-order chi connectivity index (χ0) is 16.8. The van der Waals surface area contributed by atoms with Gasteiger partial charge in [-0.3, -0.25) is 20.4 Å². The summed E-state index contributed by atoms with van der Waals surface area (Å²) in [6.07, 6.45) is 0. The number of carbonyl (C=O) groups excluding carboxylic acids is 2. The summed E-state index contributed by atoms with van der Waals surface area (Å²) in [5.74, 6) is -0.402. The molecule has 0 radical (unpaired) electrons. The molecule has 7 heteroatoms. The maximum atomic E-state index is 12.0. The zero-order valence-electron chi connectivity index (χ0n) is 12.2. The average molecular weight is 353 g/mol. The number of hydrazine groups is 1. The van der Waals surface area contributed by atoms with Gasteiger partial charge in [0.05, 0.1) is 22.2 Å². The van der Waals surface area contributed by atoms with Gasteiger partial charge in [-0.15, -0.1) is 0 Å². The molecule has 0 fully saturated rings. The summed E-state index contributed by atoms with van der Waals surface area (Å²) >= 11 is 11.9. The lowest BCUT2D eigenvalue weighted by Crippen LogP contribution is -2.41. The van der Waals surface area contributed by atoms with Crippen LogP contribution in [0.2, 0.25) is 10.0 Å². The first kappa shape index (κ1) is 17.1. The predicted molar refractivity (Wildman–Crippen MR) is 89.0 cm³/mol. The number of ether oxygens (including phenoxy) is 1. The van der Waals surface area contributed by atoms with Crippen LogP contribution < -0.4 is 15.6 Å². The van der Waals surface area contributed by atoms with Gasteiger partial charge in [0.2, 0.25) is 0 Å². The number of nitrogens with one attached hydrogen (secondary N) is 2. The van der Waals surface area contributed by atoms with Crippen LogP contribution in [0.25, 0.3) is 0 Å². The van der Waals surface area contributed by atoms with Gasteiger partial charge in [-0.1, -0.05) is 29.3 Å². The van der Waals surface area contributed by atoms with Gasteiger partial charge in [-0.2, -0.15) is 0 Å². The molecule has 0 saturated carbocycles. The van der Waals surface area contributed by atoms with E-state index in [1.54, 1.807) is 30.3 Å². The van der Waals surface area contributed by atoms with Crippen LogP contribution in [0.1, 0.15) is 27.6 Å². The molecule has 2 rings (SSSR count). The van der Waals surface area contributed by atoms with E-state index in [2.05, 4.69) is 10.9 Å². The summed E-state index contributed by atoms with van der Waals surface area (Å²) in [6.45, 7) is 2.41. The van der Waals surface area contributed by atoms with Gasteiger partial charge in [-0.25, -0.2) is 0 Å². The minimum atomic E-state index is -0.597. The maximum Gasteiger partial charge on any atom is 0.272 e. The Bertz CT molecular complexity index is 698. The van der Waals surface area contributed by atoms with Crippen LogP contribution >= 0.6 is 23.2 Å². The molecule has 2 aromatic carbocycles. The molecule has 0 aliphatic rings. The van der Waals surface area contributed by atoms with Gasteiger partial charge in [0.15, 0.2) is 0 Å². The number of hydrogen-bond donors (Lipinski definition) is 2. The number of halogens is 2. The summed E-state index contributed by atoms with van der Waals surface area (Å²) in [4.78, 5) is 24.0. The van der Waals surface area contributed by atoms with Gasteiger partial charge in [-0.05, 0) is 43.3 Å². The molecule has 23 heavy (non-hydrogen) atoms. The Labute approximate surface area is 143 Å². The Morgan fingerprint density at radius 3 is 2.09 bits per heavy atom. The first-order valence-corrected chi connectivity index (χ1v) is 7.56. The number of hydrogen-bond acceptors (Lipinski definition) is 3. The van der Waals surface area contributed by atoms with Crippen molar-refractivity contribution in [2.75, 3.05) is 6.61 Å². The van der Waals surface area contributed by atoms with E-state index >= 15 is 0 Å². The molecule has 120 valence electrons. The standard InChI is InChI=1S/C16H14Cl2N2O3/c1-2-23-11-8-6-10(7-9-11)15(21)19-20-16(22)14-12(17)4-3-5-13(14)18/h3-9H,2H2,1H3,(H,19,21)(H,20,22). The molecule has 0 aliphatic heterocycles. The van der Waals surface area contributed by atoms with Crippen LogP contribution in [0.4, 0.5) is 0 Å². The average Bonchev–Trinajstić information content (AvgIpc) is 2.53. The molecule has 2 aromatic rings. The van der Waals surface area contributed by atoms with E-state index in [1.807, 2.05) is 6.92 Å². The predicted octanol–water partition coefficient (Wildman–Crippen LogP) is 3.47. The molecule has 5 nitrogen and oxygen atoms in total. The van der Waals surface area contributed by atoms with Gasteiger partial charge in [0, 0.05) is 5.56 Å². The highest BCUT2D eigenvalue weighted by Crippen LogP contribution is 2.23. The molecule has 2 N–H and O–H groups in total.